The van der Waals surface area contributed by atoms with Crippen molar-refractivity contribution >= 4 is 5.97 Å². The maximum atomic E-state index is 13.9. The van der Waals surface area contributed by atoms with Gasteiger partial charge in [0.05, 0.1) is 24.9 Å². The molecule has 3 saturated heterocycles. The molecule has 9 nitrogen and oxygen atoms in total. The summed E-state index contributed by atoms with van der Waals surface area (Å²) in [6.45, 7) is 7.65. The summed E-state index contributed by atoms with van der Waals surface area (Å²) >= 11 is 0. The number of carbonyl (C=O) groups excluding carboxylic acids is 1. The number of aliphatic hydroxyl groups is 4. The zero-order chi connectivity index (χ0) is 29.5. The molecule has 4 N–H and O–H groups in total. The minimum atomic E-state index is -1.78. The summed E-state index contributed by atoms with van der Waals surface area (Å²) in [5.74, 6) is -2.80. The highest BCUT2D eigenvalue weighted by Crippen LogP contribution is 2.47. The maximum Gasteiger partial charge on any atom is 0.316 e. The van der Waals surface area contributed by atoms with Crippen molar-refractivity contribution in [3.63, 3.8) is 0 Å². The fraction of sp³-hybridized carbons (Fsp3) is 0.719. The van der Waals surface area contributed by atoms with E-state index in [4.69, 9.17) is 18.9 Å². The summed E-state index contributed by atoms with van der Waals surface area (Å²) in [4.78, 5) is 13.9. The zero-order valence-electron chi connectivity index (χ0n) is 24.6. The Morgan fingerprint density at radius 1 is 1.10 bits per heavy atom. The molecule has 5 aliphatic rings. The summed E-state index contributed by atoms with van der Waals surface area (Å²) < 4.78 is 25.2. The van der Waals surface area contributed by atoms with Gasteiger partial charge in [0, 0.05) is 37.7 Å². The first kappa shape index (κ1) is 30.6. The number of fused-ring (bicyclic) bond motifs is 2. The molecule has 0 amide bonds. The van der Waals surface area contributed by atoms with Crippen LogP contribution in [0.1, 0.15) is 66.2 Å². The van der Waals surface area contributed by atoms with Gasteiger partial charge in [-0.3, -0.25) is 4.79 Å². The topological polar surface area (TPSA) is 135 Å². The molecule has 1 aliphatic carbocycles. The highest BCUT2D eigenvalue weighted by atomic mass is 16.7. The quantitative estimate of drug-likeness (QED) is 0.290. The Hall–Kier alpha value is -1.85. The molecule has 0 aromatic heterocycles. The number of ether oxygens (including phenoxy) is 4. The molecule has 4 aliphatic heterocycles. The summed E-state index contributed by atoms with van der Waals surface area (Å²) in [5.41, 5.74) is 0.0552. The van der Waals surface area contributed by atoms with Gasteiger partial charge in [0.1, 0.15) is 29.8 Å². The van der Waals surface area contributed by atoms with Gasteiger partial charge in [-0.15, -0.1) is 0 Å². The molecule has 0 radical (unpaired) electrons. The van der Waals surface area contributed by atoms with Crippen molar-refractivity contribution in [1.29, 1.82) is 0 Å². The third-order valence-corrected chi connectivity index (χ3v) is 9.81. The lowest BCUT2D eigenvalue weighted by Crippen LogP contribution is -2.58. The Labute approximate surface area is 242 Å². The number of hydrogen-bond acceptors (Lipinski definition) is 9. The minimum absolute atomic E-state index is 0.0218. The third-order valence-electron chi connectivity index (χ3n) is 9.81. The van der Waals surface area contributed by atoms with Crippen LogP contribution in [0.5, 0.6) is 0 Å². The van der Waals surface area contributed by atoms with Crippen LogP contribution in [0.4, 0.5) is 0 Å². The Balaban J connectivity index is 1.52. The van der Waals surface area contributed by atoms with E-state index in [1.807, 2.05) is 32.9 Å². The molecule has 0 unspecified atom stereocenters. The fourth-order valence-electron chi connectivity index (χ4n) is 7.25. The van der Waals surface area contributed by atoms with E-state index in [1.165, 1.54) is 0 Å². The first-order chi connectivity index (χ1) is 19.5. The van der Waals surface area contributed by atoms with E-state index >= 15 is 0 Å². The van der Waals surface area contributed by atoms with Gasteiger partial charge in [-0.1, -0.05) is 44.2 Å². The molecule has 0 aromatic rings. The Morgan fingerprint density at radius 2 is 1.88 bits per heavy atom. The van der Waals surface area contributed by atoms with Crippen molar-refractivity contribution in [3.05, 3.63) is 47.1 Å². The summed E-state index contributed by atoms with van der Waals surface area (Å²) in [6.07, 6.45) is 8.41. The smallest absolute Gasteiger partial charge is 0.316 e. The van der Waals surface area contributed by atoms with Gasteiger partial charge in [-0.25, -0.2) is 0 Å². The Kier molecular flexibility index (Phi) is 8.98. The average molecular weight is 575 g/mol. The number of esters is 1. The van der Waals surface area contributed by atoms with Crippen molar-refractivity contribution in [2.45, 2.75) is 114 Å². The van der Waals surface area contributed by atoms with Gasteiger partial charge in [0.15, 0.2) is 5.79 Å². The van der Waals surface area contributed by atoms with E-state index < -0.39 is 47.7 Å². The van der Waals surface area contributed by atoms with Crippen LogP contribution in [0.2, 0.25) is 0 Å². The lowest BCUT2D eigenvalue weighted by atomic mass is 9.71. The van der Waals surface area contributed by atoms with Gasteiger partial charge < -0.3 is 39.4 Å². The lowest BCUT2D eigenvalue weighted by Gasteiger charge is -2.50. The van der Waals surface area contributed by atoms with Gasteiger partial charge in [-0.05, 0) is 49.8 Å². The van der Waals surface area contributed by atoms with Crippen LogP contribution in [-0.4, -0.2) is 87.6 Å². The number of hydrogen-bond donors (Lipinski definition) is 4. The van der Waals surface area contributed by atoms with Crippen molar-refractivity contribution < 1.29 is 44.2 Å². The van der Waals surface area contributed by atoms with E-state index in [0.717, 1.165) is 18.4 Å². The molecule has 2 bridgehead atoms. The Bertz CT molecular complexity index is 1110. The van der Waals surface area contributed by atoms with E-state index in [9.17, 15) is 25.2 Å². The van der Waals surface area contributed by atoms with Crippen LogP contribution >= 0.6 is 0 Å². The van der Waals surface area contributed by atoms with Crippen LogP contribution < -0.4 is 0 Å². The standard InChI is InChI=1S/C32H46O9/c1-5-26-21(16-33)11-12-31(41-26)15-24-14-23(40-31)10-9-19(3)27(34)18(2)7-6-8-22-17-38-29-28(35)20(4)13-25(30(36)39-24)32(22,29)37/h6-9,13,18,21,23-29,33-35,37H,5,10-12,14-17H2,1-4H3/b7-6+,19-9+,22-8+/t18-,21+,23+,24-,25-,26+,27+,28+,29+,31+,32+/m0/s1. The molecule has 3 fully saturated rings. The highest BCUT2D eigenvalue weighted by Gasteiger charge is 2.60. The fourth-order valence-corrected chi connectivity index (χ4v) is 7.25. The van der Waals surface area contributed by atoms with Crippen molar-refractivity contribution in [3.8, 4) is 0 Å². The molecule has 41 heavy (non-hydrogen) atoms. The van der Waals surface area contributed by atoms with E-state index in [0.29, 0.717) is 36.8 Å². The summed E-state index contributed by atoms with van der Waals surface area (Å²) in [7, 11) is 0. The van der Waals surface area contributed by atoms with E-state index in [-0.39, 0.29) is 37.3 Å². The van der Waals surface area contributed by atoms with Gasteiger partial charge in [-0.2, -0.15) is 0 Å². The predicted octanol–water partition coefficient (Wildman–Crippen LogP) is 2.87. The maximum absolute atomic E-state index is 13.9. The van der Waals surface area contributed by atoms with Gasteiger partial charge in [0.25, 0.3) is 0 Å². The number of carbonyl (C=O) groups is 1. The zero-order valence-corrected chi connectivity index (χ0v) is 24.6. The second kappa shape index (κ2) is 12.0. The minimum Gasteiger partial charge on any atom is -0.462 e. The molecule has 0 aromatic carbocycles. The summed E-state index contributed by atoms with van der Waals surface area (Å²) in [6, 6.07) is 0. The third kappa shape index (κ3) is 5.75. The predicted molar refractivity (Wildman–Crippen MR) is 150 cm³/mol. The van der Waals surface area contributed by atoms with E-state index in [1.54, 1.807) is 25.2 Å². The summed E-state index contributed by atoms with van der Waals surface area (Å²) in [5, 5.41) is 43.8. The van der Waals surface area contributed by atoms with Crippen molar-refractivity contribution in [1.82, 2.24) is 0 Å². The van der Waals surface area contributed by atoms with E-state index in [2.05, 4.69) is 0 Å². The molecule has 0 saturated carbocycles. The monoisotopic (exact) mass is 574 g/mol. The van der Waals surface area contributed by atoms with Crippen molar-refractivity contribution in [2.24, 2.45) is 17.8 Å². The van der Waals surface area contributed by atoms with Crippen LogP contribution in [0, 0.1) is 17.8 Å². The number of allylic oxidation sites excluding steroid dienone is 2. The number of rotatable bonds is 2. The Morgan fingerprint density at radius 3 is 2.61 bits per heavy atom. The molecule has 1 spiro atoms. The largest absolute Gasteiger partial charge is 0.462 e. The number of aliphatic hydroxyl groups excluding tert-OH is 3. The second-order valence-electron chi connectivity index (χ2n) is 12.6. The lowest BCUT2D eigenvalue weighted by molar-refractivity contribution is -0.337. The van der Waals surface area contributed by atoms with Crippen LogP contribution in [0.25, 0.3) is 0 Å². The molecule has 11 atom stereocenters. The van der Waals surface area contributed by atoms with Crippen molar-refractivity contribution in [2.75, 3.05) is 13.2 Å². The highest BCUT2D eigenvalue weighted by molar-refractivity contribution is 5.78. The molecule has 5 rings (SSSR count). The molecule has 228 valence electrons. The average Bonchev–Trinajstić information content (AvgIpc) is 3.29. The first-order valence-electron chi connectivity index (χ1n) is 15.1. The molecule has 4 heterocycles. The second-order valence-corrected chi connectivity index (χ2v) is 12.6. The normalized spacial score (nSPS) is 48.7. The van der Waals surface area contributed by atoms with Crippen LogP contribution in [0.15, 0.2) is 47.1 Å². The SMILES string of the molecule is CC[C@H]1O[C@]2(CC[C@@H]1CO)C[C@@H]1C[C@@H](C/C=C(\C)[C@H](O)[C@@H](C)/C=C/C=C3\CO[C@@H]4[C@H](O)C(C)=C[C@@H](C(=O)O1)[C@]34O)O2. The van der Waals surface area contributed by atoms with Gasteiger partial charge in [0.2, 0.25) is 0 Å². The van der Waals surface area contributed by atoms with Crippen LogP contribution in [0.3, 0.4) is 0 Å². The first-order valence-corrected chi connectivity index (χ1v) is 15.1. The molecular formula is C32H46O9. The molecular weight excluding hydrogens is 528 g/mol. The van der Waals surface area contributed by atoms with Crippen LogP contribution in [-0.2, 0) is 23.7 Å². The molecule has 9 heteroatoms. The van der Waals surface area contributed by atoms with Gasteiger partial charge >= 0.3 is 5.97 Å².